The zero-order chi connectivity index (χ0) is 10.7. The number of nitrogens with zero attached hydrogens (tertiary/aromatic N) is 1. The van der Waals surface area contributed by atoms with Crippen LogP contribution in [0.25, 0.3) is 0 Å². The second kappa shape index (κ2) is 5.61. The van der Waals surface area contributed by atoms with Crippen molar-refractivity contribution < 1.29 is 0 Å². The summed E-state index contributed by atoms with van der Waals surface area (Å²) < 4.78 is 7.03. The van der Waals surface area contributed by atoms with Crippen molar-refractivity contribution in [1.29, 1.82) is 0 Å². The summed E-state index contributed by atoms with van der Waals surface area (Å²) >= 11 is 2.41. The van der Waals surface area contributed by atoms with E-state index in [9.17, 15) is 0 Å². The third kappa shape index (κ3) is 2.72. The van der Waals surface area contributed by atoms with Gasteiger partial charge < -0.3 is 4.90 Å². The topological polar surface area (TPSA) is 3.24 Å². The molecule has 1 aliphatic heterocycles. The lowest BCUT2D eigenvalue weighted by Gasteiger charge is -2.30. The molecule has 1 saturated heterocycles. The molecular formula is C12H15I2N. The van der Waals surface area contributed by atoms with Gasteiger partial charge in [0, 0.05) is 20.2 Å². The van der Waals surface area contributed by atoms with Gasteiger partial charge in [0.25, 0.3) is 0 Å². The molecule has 15 heavy (non-hydrogen) atoms. The minimum atomic E-state index is -0.0526. The highest BCUT2D eigenvalue weighted by molar-refractivity contribution is 14.2. The van der Waals surface area contributed by atoms with Gasteiger partial charge in [-0.15, -0.1) is 0 Å². The maximum atomic E-state index is 4.13. The summed E-state index contributed by atoms with van der Waals surface area (Å²) in [5.74, 6) is 0. The van der Waals surface area contributed by atoms with E-state index < -0.39 is 0 Å². The molecule has 0 spiro atoms. The van der Waals surface area contributed by atoms with Gasteiger partial charge in [-0.05, 0) is 54.0 Å². The second-order valence-electron chi connectivity index (χ2n) is 3.75. The quantitative estimate of drug-likeness (QED) is 0.649. The lowest BCUT2D eigenvalue weighted by atomic mass is 10.1. The van der Waals surface area contributed by atoms with Crippen molar-refractivity contribution in [1.82, 2.24) is 0 Å². The fourth-order valence-corrected chi connectivity index (χ4v) is 4.83. The van der Waals surface area contributed by atoms with Gasteiger partial charge >= 0.3 is 0 Å². The molecular weight excluding hydrogens is 412 g/mol. The highest BCUT2D eigenvalue weighted by Crippen LogP contribution is 2.31. The molecule has 1 aromatic rings. The van der Waals surface area contributed by atoms with Crippen molar-refractivity contribution in [3.8, 4) is 0 Å². The summed E-state index contributed by atoms with van der Waals surface area (Å²) in [6.07, 6.45) is 4.09. The monoisotopic (exact) mass is 427 g/mol. The van der Waals surface area contributed by atoms with E-state index in [1.807, 2.05) is 0 Å². The van der Waals surface area contributed by atoms with Crippen LogP contribution >= 0.6 is 43.3 Å². The van der Waals surface area contributed by atoms with E-state index in [0.29, 0.717) is 0 Å². The predicted octanol–water partition coefficient (Wildman–Crippen LogP) is 3.85. The van der Waals surface area contributed by atoms with Crippen molar-refractivity contribution in [3.05, 3.63) is 25.3 Å². The Morgan fingerprint density at radius 3 is 2.60 bits per heavy atom. The summed E-state index contributed by atoms with van der Waals surface area (Å²) in [5, 5.41) is 0. The average molecular weight is 427 g/mol. The van der Waals surface area contributed by atoms with Gasteiger partial charge in [-0.2, -0.15) is 0 Å². The Kier molecular flexibility index (Phi) is 4.42. The molecule has 0 amide bonds. The van der Waals surface area contributed by atoms with Crippen LogP contribution in [0.15, 0.2) is 18.2 Å². The van der Waals surface area contributed by atoms with E-state index in [2.05, 4.69) is 50.2 Å². The Morgan fingerprint density at radius 2 is 1.93 bits per heavy atom. The van der Waals surface area contributed by atoms with Crippen LogP contribution in [-0.2, 0) is 0 Å². The van der Waals surface area contributed by atoms with Crippen LogP contribution in [0.3, 0.4) is 0 Å². The number of hydrogen-bond acceptors (Lipinski definition) is 1. The zero-order valence-electron chi connectivity index (χ0n) is 8.68. The molecule has 0 saturated carbocycles. The zero-order valence-corrected chi connectivity index (χ0v) is 13.0. The smallest absolute Gasteiger partial charge is 0.0633 e. The Labute approximate surface area is 115 Å². The first-order chi connectivity index (χ1) is 7.33. The van der Waals surface area contributed by atoms with E-state index >= 15 is 0 Å². The highest BCUT2D eigenvalue weighted by atomic mass is 127. The number of para-hydroxylation sites is 1. The largest absolute Gasteiger partial charge is 0.370 e. The highest BCUT2D eigenvalue weighted by Gasteiger charge is 2.15. The summed E-state index contributed by atoms with van der Waals surface area (Å²) in [6, 6.07) is 6.63. The minimum Gasteiger partial charge on any atom is -0.370 e. The average Bonchev–Trinajstić information content (AvgIpc) is 2.29. The first-order valence-electron chi connectivity index (χ1n) is 5.25. The van der Waals surface area contributed by atoms with Crippen LogP contribution in [0.4, 0.5) is 5.69 Å². The van der Waals surface area contributed by atoms with Gasteiger partial charge in [0.2, 0.25) is 0 Å². The van der Waals surface area contributed by atoms with Crippen molar-refractivity contribution in [2.45, 2.75) is 19.3 Å². The lowest BCUT2D eigenvalue weighted by Crippen LogP contribution is -2.30. The molecule has 82 valence electrons. The summed E-state index contributed by atoms with van der Waals surface area (Å²) in [6.45, 7) is 2.47. The fourth-order valence-electron chi connectivity index (χ4n) is 2.02. The molecule has 1 nitrogen and oxygen atoms in total. The maximum absolute atomic E-state index is 4.13. The van der Waals surface area contributed by atoms with Crippen LogP contribution in [0.1, 0.15) is 19.3 Å². The molecule has 2 rings (SSSR count). The molecule has 0 atom stereocenters. The van der Waals surface area contributed by atoms with Gasteiger partial charge in [-0.25, -0.2) is 0 Å². The molecule has 0 aromatic heterocycles. The maximum Gasteiger partial charge on any atom is 0.0633 e. The molecule has 0 aliphatic carbocycles. The molecule has 0 unspecified atom stereocenters. The van der Waals surface area contributed by atoms with Crippen LogP contribution in [0.2, 0.25) is 0 Å². The SMILES string of the molecule is C=Ic1cccc(I)c1N1CCCCC1. The first kappa shape index (κ1) is 11.8. The standard InChI is InChI=1S/C12H15I2N/c1-14-11-7-5-6-10(13)12(11)15-8-3-2-4-9-15/h5-7H,1-4,8-9H2. The number of rotatable bonds is 2. The molecule has 0 bridgehead atoms. The molecule has 0 radical (unpaired) electrons. The van der Waals surface area contributed by atoms with Gasteiger partial charge in [0.1, 0.15) is 0 Å². The van der Waals surface area contributed by atoms with E-state index in [1.165, 1.54) is 45.2 Å². The van der Waals surface area contributed by atoms with Crippen LogP contribution < -0.4 is 4.90 Å². The van der Waals surface area contributed by atoms with Crippen molar-refractivity contribution in [2.75, 3.05) is 18.0 Å². The minimum absolute atomic E-state index is 0.0526. The second-order valence-corrected chi connectivity index (χ2v) is 6.84. The predicted molar refractivity (Wildman–Crippen MR) is 85.1 cm³/mol. The Morgan fingerprint density at radius 1 is 1.20 bits per heavy atom. The third-order valence-electron chi connectivity index (χ3n) is 2.75. The summed E-state index contributed by atoms with van der Waals surface area (Å²) in [5.41, 5.74) is 1.49. The van der Waals surface area contributed by atoms with Gasteiger partial charge in [0.15, 0.2) is 0 Å². The third-order valence-corrected chi connectivity index (χ3v) is 5.32. The van der Waals surface area contributed by atoms with E-state index in [0.717, 1.165) is 0 Å². The lowest BCUT2D eigenvalue weighted by molar-refractivity contribution is 0.576. The Balaban J connectivity index is 2.35. The number of halogens is 2. The Bertz CT molecular complexity index is 357. The Hall–Kier alpha value is 0.350. The van der Waals surface area contributed by atoms with Crippen molar-refractivity contribution in [3.63, 3.8) is 0 Å². The van der Waals surface area contributed by atoms with E-state index in [4.69, 9.17) is 0 Å². The molecule has 1 aliphatic rings. The van der Waals surface area contributed by atoms with Crippen molar-refractivity contribution >= 4 is 53.5 Å². The first-order valence-corrected chi connectivity index (χ1v) is 8.93. The van der Waals surface area contributed by atoms with Gasteiger partial charge in [0.05, 0.1) is 5.69 Å². The summed E-state index contributed by atoms with van der Waals surface area (Å²) in [7, 11) is 0. The van der Waals surface area contributed by atoms with Crippen LogP contribution in [-0.4, -0.2) is 17.6 Å². The molecule has 1 heterocycles. The number of anilines is 1. The van der Waals surface area contributed by atoms with Crippen molar-refractivity contribution in [2.24, 2.45) is 0 Å². The van der Waals surface area contributed by atoms with E-state index in [-0.39, 0.29) is 20.7 Å². The number of hydrogen-bond donors (Lipinski definition) is 0. The van der Waals surface area contributed by atoms with Crippen LogP contribution in [0.5, 0.6) is 0 Å². The molecule has 1 aromatic carbocycles. The van der Waals surface area contributed by atoms with Crippen LogP contribution in [0, 0.1) is 7.14 Å². The molecule has 0 N–H and O–H groups in total. The van der Waals surface area contributed by atoms with Gasteiger partial charge in [-0.3, -0.25) is 0 Å². The number of benzene rings is 1. The van der Waals surface area contributed by atoms with Gasteiger partial charge in [-0.1, -0.05) is 31.3 Å². The normalized spacial score (nSPS) is 16.7. The molecule has 3 heteroatoms. The van der Waals surface area contributed by atoms with E-state index in [1.54, 1.807) is 0 Å². The number of piperidine rings is 1. The fraction of sp³-hybridized carbons (Fsp3) is 0.417. The summed E-state index contributed by atoms with van der Waals surface area (Å²) in [4.78, 5) is 2.56. The molecule has 1 fully saturated rings.